The summed E-state index contributed by atoms with van der Waals surface area (Å²) in [6.07, 6.45) is 1.67. The summed E-state index contributed by atoms with van der Waals surface area (Å²) in [4.78, 5) is 29.2. The molecular weight excluding hydrogens is 611 g/mol. The molecule has 0 saturated carbocycles. The van der Waals surface area contributed by atoms with E-state index in [0.29, 0.717) is 47.1 Å². The Morgan fingerprint density at radius 1 is 1.08 bits per heavy atom. The summed E-state index contributed by atoms with van der Waals surface area (Å²) in [6, 6.07) is 15.0. The molecule has 0 atom stereocenters. The van der Waals surface area contributed by atoms with Gasteiger partial charge >= 0.3 is 0 Å². The number of carbonyl (C=O) groups is 2. The average molecular weight is 627 g/mol. The number of halogens is 4. The van der Waals surface area contributed by atoms with Gasteiger partial charge in [0.25, 0.3) is 11.8 Å². The molecule has 1 fully saturated rings. The fraction of sp³-hybridized carbons (Fsp3) is 0.0800. The third-order valence-corrected chi connectivity index (χ3v) is 7.22. The van der Waals surface area contributed by atoms with Crippen LogP contribution in [0.1, 0.15) is 21.5 Å². The van der Waals surface area contributed by atoms with Gasteiger partial charge in [0.1, 0.15) is 6.61 Å². The second kappa shape index (κ2) is 11.7. The molecule has 6 nitrogen and oxygen atoms in total. The number of rotatable bonds is 6. The Morgan fingerprint density at radius 3 is 2.50 bits per heavy atom. The van der Waals surface area contributed by atoms with Crippen LogP contribution in [0.4, 0.5) is 0 Å². The third-order valence-electron chi connectivity index (χ3n) is 4.88. The highest BCUT2D eigenvalue weighted by Crippen LogP contribution is 2.39. The third kappa shape index (κ3) is 6.44. The Balaban J connectivity index is 1.52. The highest BCUT2D eigenvalue weighted by Gasteiger charge is 2.25. The van der Waals surface area contributed by atoms with E-state index in [1.165, 1.54) is 7.11 Å². The number of hydrogen-bond donors (Lipinski definition) is 1. The first-order valence-corrected chi connectivity index (χ1v) is 13.0. The van der Waals surface area contributed by atoms with Gasteiger partial charge in [-0.25, -0.2) is 0 Å². The fourth-order valence-electron chi connectivity index (χ4n) is 3.13. The van der Waals surface area contributed by atoms with Crippen LogP contribution in [0.15, 0.2) is 69.0 Å². The Kier molecular flexibility index (Phi) is 8.64. The van der Waals surface area contributed by atoms with Crippen molar-refractivity contribution in [3.63, 3.8) is 0 Å². The number of nitrogens with one attached hydrogen (secondary N) is 1. The number of aliphatic imine (C=N–C) groups is 1. The SMILES string of the molecule is COc1cc(/C=C2\SC(=NC(=O)c3ccc(Cl)cc3)NC2=O)cc(Br)c1OCc1ccc(Cl)cc1Cl. The standard InChI is InChI=1S/C25H16BrCl3N2O4S/c1-34-20-9-13(8-18(26)22(20)35-12-15-4-7-17(28)11-19(15)29)10-21-24(33)31-25(36-21)30-23(32)14-2-5-16(27)6-3-14/h2-11H,12H2,1H3,(H,30,31,32,33)/b21-10-. The normalized spacial score (nSPS) is 15.3. The average Bonchev–Trinajstić information content (AvgIpc) is 3.17. The molecule has 0 aromatic heterocycles. The predicted molar refractivity (Wildman–Crippen MR) is 148 cm³/mol. The van der Waals surface area contributed by atoms with Crippen molar-refractivity contribution in [2.75, 3.05) is 7.11 Å². The molecule has 1 N–H and O–H groups in total. The number of carbonyl (C=O) groups excluding carboxylic acids is 2. The molecule has 0 spiro atoms. The first kappa shape index (κ1) is 26.6. The second-order valence-electron chi connectivity index (χ2n) is 7.35. The largest absolute Gasteiger partial charge is 0.493 e. The van der Waals surface area contributed by atoms with E-state index >= 15 is 0 Å². The highest BCUT2D eigenvalue weighted by molar-refractivity contribution is 9.10. The lowest BCUT2D eigenvalue weighted by Crippen LogP contribution is -2.20. The number of nitrogens with zero attached hydrogens (tertiary/aromatic N) is 1. The number of methoxy groups -OCH3 is 1. The van der Waals surface area contributed by atoms with Crippen LogP contribution in [0.5, 0.6) is 11.5 Å². The summed E-state index contributed by atoms with van der Waals surface area (Å²) in [5.74, 6) is 0.0828. The molecule has 184 valence electrons. The monoisotopic (exact) mass is 624 g/mol. The maximum absolute atomic E-state index is 12.5. The zero-order valence-corrected chi connectivity index (χ0v) is 23.2. The summed E-state index contributed by atoms with van der Waals surface area (Å²) < 4.78 is 12.1. The van der Waals surface area contributed by atoms with Crippen LogP contribution in [0.25, 0.3) is 6.08 Å². The van der Waals surface area contributed by atoms with E-state index < -0.39 is 5.91 Å². The van der Waals surface area contributed by atoms with Crippen molar-refractivity contribution in [1.82, 2.24) is 5.32 Å². The summed E-state index contributed by atoms with van der Waals surface area (Å²) in [6.45, 7) is 0.200. The molecule has 11 heteroatoms. The van der Waals surface area contributed by atoms with Crippen molar-refractivity contribution < 1.29 is 19.1 Å². The smallest absolute Gasteiger partial charge is 0.279 e. The summed E-state index contributed by atoms with van der Waals surface area (Å²) in [7, 11) is 1.52. The molecule has 0 bridgehead atoms. The van der Waals surface area contributed by atoms with Crippen molar-refractivity contribution in [2.45, 2.75) is 6.61 Å². The van der Waals surface area contributed by atoms with E-state index in [9.17, 15) is 9.59 Å². The van der Waals surface area contributed by atoms with E-state index in [4.69, 9.17) is 44.3 Å². The van der Waals surface area contributed by atoms with Crippen LogP contribution in [0, 0.1) is 0 Å². The molecule has 0 unspecified atom stereocenters. The Morgan fingerprint density at radius 2 is 1.81 bits per heavy atom. The van der Waals surface area contributed by atoms with E-state index in [1.54, 1.807) is 60.7 Å². The zero-order valence-electron chi connectivity index (χ0n) is 18.5. The number of hydrogen-bond acceptors (Lipinski definition) is 5. The zero-order chi connectivity index (χ0) is 25.8. The van der Waals surface area contributed by atoms with Crippen molar-refractivity contribution in [3.05, 3.63) is 95.7 Å². The number of ether oxygens (including phenoxy) is 2. The summed E-state index contributed by atoms with van der Waals surface area (Å²) >= 11 is 22.6. The van der Waals surface area contributed by atoms with Gasteiger partial charge in [-0.2, -0.15) is 4.99 Å². The minimum atomic E-state index is -0.484. The Hall–Kier alpha value is -2.49. The van der Waals surface area contributed by atoms with Gasteiger partial charge in [-0.1, -0.05) is 40.9 Å². The maximum atomic E-state index is 12.5. The Labute approximate surface area is 234 Å². The number of benzene rings is 3. The van der Waals surface area contributed by atoms with Gasteiger partial charge in [0.05, 0.1) is 16.5 Å². The van der Waals surface area contributed by atoms with Gasteiger partial charge in [-0.15, -0.1) is 0 Å². The molecule has 3 aromatic carbocycles. The van der Waals surface area contributed by atoms with Crippen LogP contribution in [0.3, 0.4) is 0 Å². The van der Waals surface area contributed by atoms with E-state index in [0.717, 1.165) is 17.3 Å². The minimum Gasteiger partial charge on any atom is -0.493 e. The quantitative estimate of drug-likeness (QED) is 0.289. The summed E-state index contributed by atoms with van der Waals surface area (Å²) in [5, 5.41) is 4.35. The number of amidine groups is 1. The van der Waals surface area contributed by atoms with Crippen molar-refractivity contribution in [1.29, 1.82) is 0 Å². The lowest BCUT2D eigenvalue weighted by Gasteiger charge is -2.14. The minimum absolute atomic E-state index is 0.192. The lowest BCUT2D eigenvalue weighted by molar-refractivity contribution is -0.115. The second-order valence-corrected chi connectivity index (χ2v) is 10.5. The first-order chi connectivity index (χ1) is 17.2. The lowest BCUT2D eigenvalue weighted by atomic mass is 10.2. The molecule has 1 saturated heterocycles. The molecule has 0 radical (unpaired) electrons. The van der Waals surface area contributed by atoms with Crippen molar-refractivity contribution in [3.8, 4) is 11.5 Å². The molecule has 1 heterocycles. The Bertz CT molecular complexity index is 1410. The molecule has 1 aliphatic heterocycles. The van der Waals surface area contributed by atoms with E-state index in [1.807, 2.05) is 0 Å². The van der Waals surface area contributed by atoms with Crippen molar-refractivity contribution in [2.24, 2.45) is 4.99 Å². The van der Waals surface area contributed by atoms with E-state index in [2.05, 4.69) is 26.2 Å². The van der Waals surface area contributed by atoms with Gasteiger partial charge in [-0.05, 0) is 87.9 Å². The van der Waals surface area contributed by atoms with Crippen molar-refractivity contribution >= 4 is 85.6 Å². The number of amides is 2. The fourth-order valence-corrected chi connectivity index (χ4v) is 5.12. The van der Waals surface area contributed by atoms with Crippen LogP contribution in [-0.2, 0) is 11.4 Å². The maximum Gasteiger partial charge on any atom is 0.279 e. The topological polar surface area (TPSA) is 77.0 Å². The van der Waals surface area contributed by atoms with Crippen LogP contribution < -0.4 is 14.8 Å². The van der Waals surface area contributed by atoms with E-state index in [-0.39, 0.29) is 17.7 Å². The molecule has 1 aliphatic rings. The highest BCUT2D eigenvalue weighted by atomic mass is 79.9. The molecular formula is C25H16BrCl3N2O4S. The molecule has 3 aromatic rings. The molecule has 2 amide bonds. The molecule has 36 heavy (non-hydrogen) atoms. The van der Waals surface area contributed by atoms with Gasteiger partial charge in [0.15, 0.2) is 16.7 Å². The molecule has 4 rings (SSSR count). The number of thioether (sulfide) groups is 1. The van der Waals surface area contributed by atoms with Gasteiger partial charge in [0, 0.05) is 26.2 Å². The predicted octanol–water partition coefficient (Wildman–Crippen LogP) is 7.40. The van der Waals surface area contributed by atoms with Crippen LogP contribution in [0.2, 0.25) is 15.1 Å². The van der Waals surface area contributed by atoms with Crippen LogP contribution in [-0.4, -0.2) is 24.1 Å². The van der Waals surface area contributed by atoms with Gasteiger partial charge in [0.2, 0.25) is 0 Å². The van der Waals surface area contributed by atoms with Crippen LogP contribution >= 0.6 is 62.5 Å². The van der Waals surface area contributed by atoms with Gasteiger partial charge < -0.3 is 14.8 Å². The van der Waals surface area contributed by atoms with Gasteiger partial charge in [-0.3, -0.25) is 9.59 Å². The molecule has 0 aliphatic carbocycles. The first-order valence-electron chi connectivity index (χ1n) is 10.3. The summed E-state index contributed by atoms with van der Waals surface area (Å²) in [5.41, 5.74) is 1.81.